The van der Waals surface area contributed by atoms with Gasteiger partial charge in [-0.15, -0.1) is 13.2 Å². The summed E-state index contributed by atoms with van der Waals surface area (Å²) in [4.78, 5) is 3.70. The van der Waals surface area contributed by atoms with Gasteiger partial charge in [0.15, 0.2) is 5.75 Å². The van der Waals surface area contributed by atoms with Crippen molar-refractivity contribution < 1.29 is 17.9 Å². The molecule has 0 bridgehead atoms. The Balaban J connectivity index is 3.00. The van der Waals surface area contributed by atoms with Crippen molar-refractivity contribution in [2.24, 2.45) is 0 Å². The van der Waals surface area contributed by atoms with Crippen LogP contribution >= 0.6 is 0 Å². The van der Waals surface area contributed by atoms with Crippen LogP contribution < -0.4 is 4.74 Å². The molecular weight excluding hydrogens is 183 g/mol. The van der Waals surface area contributed by atoms with E-state index in [4.69, 9.17) is 0 Å². The molecule has 0 aromatic carbocycles. The number of halogens is 3. The largest absolute Gasteiger partial charge is 0.573 e. The highest BCUT2D eigenvalue weighted by Gasteiger charge is 2.32. The second kappa shape index (κ2) is 3.24. The SMILES string of the molecule is Cc1ccnc(C)c1OC(F)(F)F. The van der Waals surface area contributed by atoms with Crippen LogP contribution in [-0.2, 0) is 0 Å². The van der Waals surface area contributed by atoms with Gasteiger partial charge in [0.05, 0.1) is 5.69 Å². The zero-order chi connectivity index (χ0) is 10.1. The summed E-state index contributed by atoms with van der Waals surface area (Å²) in [5, 5.41) is 0. The highest BCUT2D eigenvalue weighted by atomic mass is 19.4. The van der Waals surface area contributed by atoms with Crippen molar-refractivity contribution in [2.45, 2.75) is 20.2 Å². The predicted octanol–water partition coefficient (Wildman–Crippen LogP) is 2.60. The van der Waals surface area contributed by atoms with Crippen LogP contribution in [0.25, 0.3) is 0 Å². The average Bonchev–Trinajstić information content (AvgIpc) is 1.95. The molecule has 5 heteroatoms. The lowest BCUT2D eigenvalue weighted by Crippen LogP contribution is -2.18. The smallest absolute Gasteiger partial charge is 0.404 e. The second-order valence-corrected chi connectivity index (χ2v) is 2.59. The van der Waals surface area contributed by atoms with Gasteiger partial charge in [-0.2, -0.15) is 0 Å². The summed E-state index contributed by atoms with van der Waals surface area (Å²) in [5.74, 6) is -0.213. The number of alkyl halides is 3. The van der Waals surface area contributed by atoms with Crippen LogP contribution in [0.3, 0.4) is 0 Å². The van der Waals surface area contributed by atoms with Gasteiger partial charge in [0, 0.05) is 6.20 Å². The molecule has 0 N–H and O–H groups in total. The Labute approximate surface area is 73.4 Å². The topological polar surface area (TPSA) is 22.1 Å². The first-order chi connectivity index (χ1) is 5.90. The van der Waals surface area contributed by atoms with Crippen molar-refractivity contribution in [1.82, 2.24) is 4.98 Å². The number of ether oxygens (including phenoxy) is 1. The fraction of sp³-hybridized carbons (Fsp3) is 0.375. The molecule has 0 spiro atoms. The van der Waals surface area contributed by atoms with E-state index < -0.39 is 6.36 Å². The molecule has 1 aromatic rings. The van der Waals surface area contributed by atoms with Crippen molar-refractivity contribution in [3.8, 4) is 5.75 Å². The predicted molar refractivity (Wildman–Crippen MR) is 40.4 cm³/mol. The molecule has 0 fully saturated rings. The number of hydrogen-bond donors (Lipinski definition) is 0. The van der Waals surface area contributed by atoms with Crippen LogP contribution in [0.1, 0.15) is 11.3 Å². The lowest BCUT2D eigenvalue weighted by atomic mass is 10.2. The monoisotopic (exact) mass is 191 g/mol. The fourth-order valence-electron chi connectivity index (χ4n) is 0.951. The van der Waals surface area contributed by atoms with Crippen LogP contribution in [0.5, 0.6) is 5.75 Å². The molecule has 0 saturated heterocycles. The van der Waals surface area contributed by atoms with Gasteiger partial charge in [-0.3, -0.25) is 4.98 Å². The first kappa shape index (κ1) is 9.83. The molecule has 1 heterocycles. The molecule has 72 valence electrons. The van der Waals surface area contributed by atoms with E-state index in [1.807, 2.05) is 0 Å². The summed E-state index contributed by atoms with van der Waals surface area (Å²) in [6, 6.07) is 1.47. The standard InChI is InChI=1S/C8H8F3NO/c1-5-3-4-12-6(2)7(5)13-8(9,10)11/h3-4H,1-2H3. The molecule has 0 atom stereocenters. The zero-order valence-corrected chi connectivity index (χ0v) is 7.14. The van der Waals surface area contributed by atoms with Gasteiger partial charge in [-0.1, -0.05) is 0 Å². The average molecular weight is 191 g/mol. The van der Waals surface area contributed by atoms with Crippen LogP contribution in [0.4, 0.5) is 13.2 Å². The molecule has 1 aromatic heterocycles. The normalized spacial score (nSPS) is 11.5. The van der Waals surface area contributed by atoms with Gasteiger partial charge in [-0.25, -0.2) is 0 Å². The molecule has 13 heavy (non-hydrogen) atoms. The van der Waals surface area contributed by atoms with Gasteiger partial charge < -0.3 is 4.74 Å². The van der Waals surface area contributed by atoms with Gasteiger partial charge >= 0.3 is 6.36 Å². The summed E-state index contributed by atoms with van der Waals surface area (Å²) in [6.07, 6.45) is -3.22. The molecule has 0 aliphatic rings. The Hall–Kier alpha value is -1.26. The first-order valence-electron chi connectivity index (χ1n) is 3.58. The third kappa shape index (κ3) is 2.61. The Kier molecular flexibility index (Phi) is 2.45. The highest BCUT2D eigenvalue weighted by molar-refractivity contribution is 5.34. The van der Waals surface area contributed by atoms with Gasteiger partial charge in [0.1, 0.15) is 0 Å². The van der Waals surface area contributed by atoms with E-state index >= 15 is 0 Å². The maximum atomic E-state index is 11.9. The maximum Gasteiger partial charge on any atom is 0.573 e. The van der Waals surface area contributed by atoms with Crippen LogP contribution in [0, 0.1) is 13.8 Å². The number of aryl methyl sites for hydroxylation is 2. The van der Waals surface area contributed by atoms with E-state index in [0.717, 1.165) is 0 Å². The third-order valence-corrected chi connectivity index (χ3v) is 1.50. The third-order valence-electron chi connectivity index (χ3n) is 1.50. The van der Waals surface area contributed by atoms with Crippen LogP contribution in [-0.4, -0.2) is 11.3 Å². The quantitative estimate of drug-likeness (QED) is 0.680. The summed E-state index contributed by atoms with van der Waals surface area (Å²) in [5.41, 5.74) is 0.655. The summed E-state index contributed by atoms with van der Waals surface area (Å²) < 4.78 is 39.4. The lowest BCUT2D eigenvalue weighted by molar-refractivity contribution is -0.275. The van der Waals surface area contributed by atoms with Crippen LogP contribution in [0.2, 0.25) is 0 Å². The number of pyridine rings is 1. The number of nitrogens with zero attached hydrogens (tertiary/aromatic N) is 1. The highest BCUT2D eigenvalue weighted by Crippen LogP contribution is 2.27. The minimum Gasteiger partial charge on any atom is -0.404 e. The van der Waals surface area contributed by atoms with E-state index in [0.29, 0.717) is 5.56 Å². The van der Waals surface area contributed by atoms with Crippen molar-refractivity contribution in [3.05, 3.63) is 23.5 Å². The fourth-order valence-corrected chi connectivity index (χ4v) is 0.951. The molecule has 0 radical (unpaired) electrons. The van der Waals surface area contributed by atoms with Crippen molar-refractivity contribution in [2.75, 3.05) is 0 Å². The van der Waals surface area contributed by atoms with E-state index in [1.54, 1.807) is 0 Å². The molecule has 2 nitrogen and oxygen atoms in total. The van der Waals surface area contributed by atoms with Crippen molar-refractivity contribution in [1.29, 1.82) is 0 Å². The Morgan fingerprint density at radius 3 is 2.38 bits per heavy atom. The Morgan fingerprint density at radius 2 is 1.92 bits per heavy atom. The Bertz CT molecular complexity index is 288. The minimum absolute atomic E-state index is 0.213. The second-order valence-electron chi connectivity index (χ2n) is 2.59. The van der Waals surface area contributed by atoms with E-state index in [-0.39, 0.29) is 11.4 Å². The van der Waals surface area contributed by atoms with E-state index in [1.165, 1.54) is 26.1 Å². The van der Waals surface area contributed by atoms with E-state index in [9.17, 15) is 13.2 Å². The Morgan fingerprint density at radius 1 is 1.31 bits per heavy atom. The zero-order valence-electron chi connectivity index (χ0n) is 7.14. The first-order valence-corrected chi connectivity index (χ1v) is 3.58. The molecule has 0 unspecified atom stereocenters. The summed E-state index contributed by atoms with van der Waals surface area (Å²) in [6.45, 7) is 3.00. The molecule has 0 aliphatic carbocycles. The molecule has 0 aliphatic heterocycles. The summed E-state index contributed by atoms with van der Waals surface area (Å²) >= 11 is 0. The van der Waals surface area contributed by atoms with Gasteiger partial charge in [-0.05, 0) is 25.5 Å². The molecule has 0 amide bonds. The van der Waals surface area contributed by atoms with Crippen molar-refractivity contribution in [3.63, 3.8) is 0 Å². The molecular formula is C8H8F3NO. The van der Waals surface area contributed by atoms with E-state index in [2.05, 4.69) is 9.72 Å². The number of rotatable bonds is 1. The lowest BCUT2D eigenvalue weighted by Gasteiger charge is -2.12. The maximum absolute atomic E-state index is 11.9. The van der Waals surface area contributed by atoms with Crippen LogP contribution in [0.15, 0.2) is 12.3 Å². The summed E-state index contributed by atoms with van der Waals surface area (Å²) in [7, 11) is 0. The molecule has 0 saturated carbocycles. The minimum atomic E-state index is -4.65. The van der Waals surface area contributed by atoms with Crippen molar-refractivity contribution >= 4 is 0 Å². The number of aromatic nitrogens is 1. The number of hydrogen-bond acceptors (Lipinski definition) is 2. The van der Waals surface area contributed by atoms with Gasteiger partial charge in [0.2, 0.25) is 0 Å². The van der Waals surface area contributed by atoms with Gasteiger partial charge in [0.25, 0.3) is 0 Å². The molecule has 1 rings (SSSR count).